The van der Waals surface area contributed by atoms with E-state index in [-0.39, 0.29) is 30.4 Å². The predicted molar refractivity (Wildman–Crippen MR) is 156 cm³/mol. The van der Waals surface area contributed by atoms with Crippen LogP contribution in [0.4, 0.5) is 13.2 Å². The van der Waals surface area contributed by atoms with Crippen LogP contribution in [0, 0.1) is 12.8 Å². The number of amides is 2. The molecule has 16 heteroatoms. The number of aliphatic carboxylic acids is 1. The number of para-hydroxylation sites is 1. The van der Waals surface area contributed by atoms with Crippen molar-refractivity contribution in [2.75, 3.05) is 18.9 Å². The lowest BCUT2D eigenvalue weighted by molar-refractivity contribution is -0.192. The Morgan fingerprint density at radius 2 is 1.78 bits per heavy atom. The smallest absolute Gasteiger partial charge is 0.489 e. The van der Waals surface area contributed by atoms with Gasteiger partial charge >= 0.3 is 12.1 Å². The third-order valence-electron chi connectivity index (χ3n) is 7.62. The summed E-state index contributed by atoms with van der Waals surface area (Å²) in [6, 6.07) is 14.9. The molecule has 3 atom stereocenters. The van der Waals surface area contributed by atoms with E-state index >= 15 is 0 Å². The van der Waals surface area contributed by atoms with Crippen molar-refractivity contribution in [3.05, 3.63) is 65.9 Å². The lowest BCUT2D eigenvalue weighted by Crippen LogP contribution is -2.49. The van der Waals surface area contributed by atoms with E-state index in [1.165, 1.54) is 17.0 Å². The van der Waals surface area contributed by atoms with Crippen LogP contribution in [0.5, 0.6) is 5.75 Å². The zero-order valence-electron chi connectivity index (χ0n) is 24.6. The van der Waals surface area contributed by atoms with Crippen molar-refractivity contribution in [3.63, 3.8) is 0 Å². The second-order valence-corrected chi connectivity index (χ2v) is 12.8. The van der Waals surface area contributed by atoms with E-state index in [1.54, 1.807) is 17.6 Å². The average Bonchev–Trinajstić information content (AvgIpc) is 3.70. The fourth-order valence-electron chi connectivity index (χ4n) is 5.42. The molecular formula is C30H32F3N3O9S. The van der Waals surface area contributed by atoms with Crippen molar-refractivity contribution in [1.29, 1.82) is 0 Å². The van der Waals surface area contributed by atoms with Crippen LogP contribution in [-0.2, 0) is 35.6 Å². The van der Waals surface area contributed by atoms with Crippen molar-refractivity contribution in [2.45, 2.75) is 56.0 Å². The van der Waals surface area contributed by atoms with E-state index < -0.39 is 51.7 Å². The number of rotatable bonds is 8. The van der Waals surface area contributed by atoms with E-state index in [0.717, 1.165) is 28.6 Å². The summed E-state index contributed by atoms with van der Waals surface area (Å²) in [5.74, 6) is -4.58. The second kappa shape index (κ2) is 14.4. The van der Waals surface area contributed by atoms with E-state index in [0.29, 0.717) is 18.8 Å². The summed E-state index contributed by atoms with van der Waals surface area (Å²) in [6.45, 7) is 2.90. The maximum absolute atomic E-state index is 13.4. The van der Waals surface area contributed by atoms with Crippen molar-refractivity contribution in [1.82, 2.24) is 15.4 Å². The topological polar surface area (TPSA) is 172 Å². The summed E-state index contributed by atoms with van der Waals surface area (Å²) >= 11 is 0. The summed E-state index contributed by atoms with van der Waals surface area (Å²) in [5.41, 5.74) is 4.35. The summed E-state index contributed by atoms with van der Waals surface area (Å²) in [6.07, 6.45) is -4.16. The summed E-state index contributed by atoms with van der Waals surface area (Å²) < 4.78 is 70.0. The average molecular weight is 668 g/mol. The SMILES string of the molecule is Cc1cc(COc2ccc(S(=O)(=O)C[C@H]3[C@@H](C(=O)NO)CCN3C(=O)C3CCCO3)cc2)c2ccccc2n1.O=C(O)C(F)(F)F. The minimum Gasteiger partial charge on any atom is -0.489 e. The van der Waals surface area contributed by atoms with Crippen molar-refractivity contribution < 1.29 is 55.8 Å². The maximum Gasteiger partial charge on any atom is 0.490 e. The first kappa shape index (κ1) is 34.6. The number of carbonyl (C=O) groups excluding carboxylic acids is 2. The fourth-order valence-corrected chi connectivity index (χ4v) is 7.02. The van der Waals surface area contributed by atoms with Crippen molar-refractivity contribution in [3.8, 4) is 5.75 Å². The molecule has 0 radical (unpaired) electrons. The van der Waals surface area contributed by atoms with Gasteiger partial charge in [0.25, 0.3) is 5.91 Å². The van der Waals surface area contributed by atoms with Crippen LogP contribution in [-0.4, -0.2) is 83.6 Å². The number of aryl methyl sites for hydroxylation is 1. The minimum atomic E-state index is -5.08. The number of carboxylic acids is 1. The normalized spacial score (nSPS) is 19.8. The van der Waals surface area contributed by atoms with Crippen LogP contribution < -0.4 is 10.2 Å². The highest BCUT2D eigenvalue weighted by Crippen LogP contribution is 2.31. The number of aromatic nitrogens is 1. The monoisotopic (exact) mass is 667 g/mol. The zero-order valence-corrected chi connectivity index (χ0v) is 25.4. The third-order valence-corrected chi connectivity index (χ3v) is 9.39. The quantitative estimate of drug-likeness (QED) is 0.239. The molecule has 3 heterocycles. The maximum atomic E-state index is 13.4. The largest absolute Gasteiger partial charge is 0.490 e. The molecule has 2 aliphatic heterocycles. The molecule has 0 aliphatic carbocycles. The van der Waals surface area contributed by atoms with Gasteiger partial charge in [0.2, 0.25) is 5.91 Å². The van der Waals surface area contributed by atoms with Crippen molar-refractivity contribution >= 4 is 38.5 Å². The molecule has 2 saturated heterocycles. The number of hydroxylamine groups is 1. The Labute approximate surface area is 262 Å². The molecule has 12 nitrogen and oxygen atoms in total. The van der Waals surface area contributed by atoms with Gasteiger partial charge in [-0.1, -0.05) is 18.2 Å². The predicted octanol–water partition coefficient (Wildman–Crippen LogP) is 3.43. The Morgan fingerprint density at radius 3 is 2.39 bits per heavy atom. The molecule has 3 aromatic rings. The van der Waals surface area contributed by atoms with E-state index in [9.17, 15) is 36.4 Å². The molecule has 1 unspecified atom stereocenters. The number of benzene rings is 2. The summed E-state index contributed by atoms with van der Waals surface area (Å²) in [4.78, 5) is 40.3. The first-order chi connectivity index (χ1) is 21.7. The van der Waals surface area contributed by atoms with Crippen LogP contribution in [0.2, 0.25) is 0 Å². The lowest BCUT2D eigenvalue weighted by atomic mass is 10.0. The van der Waals surface area contributed by atoms with Gasteiger partial charge in [-0.05, 0) is 62.6 Å². The van der Waals surface area contributed by atoms with Gasteiger partial charge in [-0.25, -0.2) is 18.7 Å². The Hall–Kier alpha value is -4.28. The number of alkyl halides is 3. The van der Waals surface area contributed by atoms with E-state index in [2.05, 4.69) is 4.98 Å². The molecule has 248 valence electrons. The Bertz CT molecular complexity index is 1680. The number of fused-ring (bicyclic) bond motifs is 1. The molecule has 46 heavy (non-hydrogen) atoms. The molecule has 2 amide bonds. The third kappa shape index (κ3) is 8.30. The highest BCUT2D eigenvalue weighted by molar-refractivity contribution is 7.91. The molecule has 0 saturated carbocycles. The fraction of sp³-hybridized carbons (Fsp3) is 0.400. The Morgan fingerprint density at radius 1 is 1.11 bits per heavy atom. The van der Waals surface area contributed by atoms with Crippen LogP contribution in [0.3, 0.4) is 0 Å². The number of ether oxygens (including phenoxy) is 2. The number of carboxylic acid groups (broad SMARTS) is 1. The Balaban J connectivity index is 0.000000617. The molecule has 0 spiro atoms. The van der Waals surface area contributed by atoms with E-state index in [4.69, 9.17) is 19.4 Å². The van der Waals surface area contributed by atoms with Crippen LogP contribution >= 0.6 is 0 Å². The van der Waals surface area contributed by atoms with Gasteiger partial charge in [-0.15, -0.1) is 0 Å². The number of hydrogen-bond acceptors (Lipinski definition) is 9. The van der Waals surface area contributed by atoms with E-state index in [1.807, 2.05) is 37.3 Å². The van der Waals surface area contributed by atoms with Gasteiger partial charge in [0.05, 0.1) is 28.1 Å². The molecule has 0 bridgehead atoms. The first-order valence-electron chi connectivity index (χ1n) is 14.2. The summed E-state index contributed by atoms with van der Waals surface area (Å²) in [7, 11) is -3.89. The van der Waals surface area contributed by atoms with Gasteiger partial charge in [0, 0.05) is 29.8 Å². The number of hydrogen-bond donors (Lipinski definition) is 3. The molecule has 5 rings (SSSR count). The van der Waals surface area contributed by atoms with Crippen LogP contribution in [0.15, 0.2) is 59.5 Å². The van der Waals surface area contributed by atoms with Gasteiger partial charge in [0.15, 0.2) is 9.84 Å². The highest BCUT2D eigenvalue weighted by Gasteiger charge is 2.45. The number of sulfone groups is 1. The molecule has 3 N–H and O–H groups in total. The Kier molecular flexibility index (Phi) is 10.9. The lowest BCUT2D eigenvalue weighted by Gasteiger charge is -2.29. The molecule has 2 fully saturated rings. The molecule has 2 aliphatic rings. The van der Waals surface area contributed by atoms with Crippen molar-refractivity contribution in [2.24, 2.45) is 5.92 Å². The molecule has 2 aromatic carbocycles. The molecule has 1 aromatic heterocycles. The minimum absolute atomic E-state index is 0.0552. The number of nitrogens with one attached hydrogen (secondary N) is 1. The van der Waals surface area contributed by atoms with Gasteiger partial charge in [-0.2, -0.15) is 13.2 Å². The number of pyridine rings is 1. The van der Waals surface area contributed by atoms with Gasteiger partial charge in [-0.3, -0.25) is 19.8 Å². The molecular weight excluding hydrogens is 635 g/mol. The number of carbonyl (C=O) groups is 3. The zero-order chi connectivity index (χ0) is 33.6. The number of nitrogens with zero attached hydrogens (tertiary/aromatic N) is 2. The number of halogens is 3. The second-order valence-electron chi connectivity index (χ2n) is 10.8. The van der Waals surface area contributed by atoms with Gasteiger partial charge < -0.3 is 19.5 Å². The van der Waals surface area contributed by atoms with Gasteiger partial charge in [0.1, 0.15) is 18.5 Å². The van der Waals surface area contributed by atoms with Crippen LogP contribution in [0.25, 0.3) is 10.9 Å². The summed E-state index contributed by atoms with van der Waals surface area (Å²) in [5, 5.41) is 17.3. The standard InChI is InChI=1S/C28H31N3O7S.C2HF3O2/c1-18-15-19(22-5-2-3-6-24(22)29-18)16-38-20-8-10-21(11-9-20)39(35,36)17-25-23(27(32)30-34)12-13-31(25)28(33)26-7-4-14-37-26;3-2(4,5)1(6)7/h2-3,5-6,8-11,15,23,25-26,34H,4,7,12-14,16-17H2,1H3,(H,30,32);(H,6,7)/t23-,25-,26?;/m0./s1. The highest BCUT2D eigenvalue weighted by atomic mass is 32.2. The number of likely N-dealkylation sites (tertiary alicyclic amines) is 1. The first-order valence-corrected chi connectivity index (χ1v) is 15.8. The van der Waals surface area contributed by atoms with Crippen LogP contribution in [0.1, 0.15) is 30.5 Å².